The van der Waals surface area contributed by atoms with Crippen molar-refractivity contribution in [1.29, 1.82) is 0 Å². The Morgan fingerprint density at radius 1 is 1.16 bits per heavy atom. The molecule has 1 heterocycles. The van der Waals surface area contributed by atoms with Crippen LogP contribution in [0, 0.1) is 5.82 Å². The van der Waals surface area contributed by atoms with Crippen molar-refractivity contribution < 1.29 is 4.39 Å². The lowest BCUT2D eigenvalue weighted by Gasteiger charge is -2.10. The van der Waals surface area contributed by atoms with Crippen molar-refractivity contribution in [1.82, 2.24) is 0 Å². The van der Waals surface area contributed by atoms with Gasteiger partial charge in [0.25, 0.3) is 0 Å². The average molecular weight is 356 g/mol. The minimum absolute atomic E-state index is 0.0320. The lowest BCUT2D eigenvalue weighted by Crippen LogP contribution is -1.92. The predicted octanol–water partition coefficient (Wildman–Crippen LogP) is 6.18. The lowest BCUT2D eigenvalue weighted by atomic mass is 10.0. The van der Waals surface area contributed by atoms with Gasteiger partial charge in [0.15, 0.2) is 0 Å². The Kier molecular flexibility index (Phi) is 3.61. The van der Waals surface area contributed by atoms with Crippen molar-refractivity contribution in [2.24, 2.45) is 0 Å². The molecule has 1 unspecified atom stereocenters. The van der Waals surface area contributed by atoms with E-state index in [0.717, 1.165) is 11.1 Å². The van der Waals surface area contributed by atoms with Crippen LogP contribution < -0.4 is 0 Å². The van der Waals surface area contributed by atoms with Crippen LogP contribution in [-0.4, -0.2) is 0 Å². The second-order valence-electron chi connectivity index (χ2n) is 4.22. The van der Waals surface area contributed by atoms with Crippen LogP contribution in [-0.2, 0) is 0 Å². The smallest absolute Gasteiger partial charge is 0.142 e. The fourth-order valence-electron chi connectivity index (χ4n) is 2.04. The number of thiophene rings is 1. The molecule has 0 nitrogen and oxygen atoms in total. The highest BCUT2D eigenvalue weighted by molar-refractivity contribution is 9.09. The summed E-state index contributed by atoms with van der Waals surface area (Å²) in [6.07, 6.45) is 0. The van der Waals surface area contributed by atoms with Gasteiger partial charge in [0, 0.05) is 4.70 Å². The zero-order valence-electron chi connectivity index (χ0n) is 9.74. The first-order chi connectivity index (χ1) is 9.16. The van der Waals surface area contributed by atoms with E-state index >= 15 is 0 Å². The summed E-state index contributed by atoms with van der Waals surface area (Å²) in [6, 6.07) is 13.1. The molecular formula is C15H9BrClFS. The molecule has 96 valence electrons. The summed E-state index contributed by atoms with van der Waals surface area (Å²) in [5, 5.41) is 3.46. The molecule has 0 bridgehead atoms. The van der Waals surface area contributed by atoms with Gasteiger partial charge in [-0.1, -0.05) is 51.8 Å². The Hall–Kier alpha value is -0.900. The van der Waals surface area contributed by atoms with Crippen molar-refractivity contribution in [2.75, 3.05) is 0 Å². The van der Waals surface area contributed by atoms with E-state index in [9.17, 15) is 4.39 Å². The van der Waals surface area contributed by atoms with Gasteiger partial charge in [-0.15, -0.1) is 11.3 Å². The van der Waals surface area contributed by atoms with Crippen LogP contribution >= 0.6 is 38.9 Å². The molecule has 0 saturated carbocycles. The monoisotopic (exact) mass is 354 g/mol. The molecule has 0 spiro atoms. The number of rotatable bonds is 2. The molecule has 0 aliphatic rings. The molecule has 0 aliphatic heterocycles. The maximum absolute atomic E-state index is 13.5. The van der Waals surface area contributed by atoms with Crippen molar-refractivity contribution in [2.45, 2.75) is 4.83 Å². The fourth-order valence-corrected chi connectivity index (χ4v) is 3.99. The van der Waals surface area contributed by atoms with Gasteiger partial charge in [-0.25, -0.2) is 4.39 Å². The number of hydrogen-bond acceptors (Lipinski definition) is 1. The Balaban J connectivity index is 2.08. The third-order valence-electron chi connectivity index (χ3n) is 3.02. The highest BCUT2D eigenvalue weighted by atomic mass is 79.9. The van der Waals surface area contributed by atoms with E-state index in [0.29, 0.717) is 0 Å². The molecule has 3 aromatic rings. The summed E-state index contributed by atoms with van der Waals surface area (Å²) in [5.74, 6) is -0.386. The summed E-state index contributed by atoms with van der Waals surface area (Å²) in [5.41, 5.74) is 2.02. The average Bonchev–Trinajstić information content (AvgIpc) is 2.85. The summed E-state index contributed by atoms with van der Waals surface area (Å²) in [7, 11) is 0. The molecule has 0 fully saturated rings. The van der Waals surface area contributed by atoms with Crippen molar-refractivity contribution in [3.63, 3.8) is 0 Å². The van der Waals surface area contributed by atoms with Crippen molar-refractivity contribution in [3.8, 4) is 0 Å². The van der Waals surface area contributed by atoms with E-state index in [1.807, 2.05) is 18.2 Å². The SMILES string of the molecule is Fc1cc(C(Br)c2csc3ccccc23)ccc1Cl. The number of benzene rings is 2. The minimum Gasteiger partial charge on any atom is -0.205 e. The van der Waals surface area contributed by atoms with Gasteiger partial charge in [-0.3, -0.25) is 0 Å². The Bertz CT molecular complexity index is 738. The Labute approximate surface area is 128 Å². The summed E-state index contributed by atoms with van der Waals surface area (Å²) in [4.78, 5) is -0.0320. The molecule has 0 N–H and O–H groups in total. The highest BCUT2D eigenvalue weighted by Crippen LogP contribution is 2.39. The van der Waals surface area contributed by atoms with E-state index in [1.54, 1.807) is 17.4 Å². The summed E-state index contributed by atoms with van der Waals surface area (Å²) < 4.78 is 14.8. The topological polar surface area (TPSA) is 0 Å². The second kappa shape index (κ2) is 5.23. The zero-order valence-corrected chi connectivity index (χ0v) is 12.9. The molecule has 4 heteroatoms. The standard InChI is InChI=1S/C15H9BrClFS/c16-15(9-5-6-12(17)13(18)7-9)11-8-19-14-4-2-1-3-10(11)14/h1-8,15H. The van der Waals surface area contributed by atoms with Gasteiger partial charge in [0.2, 0.25) is 0 Å². The lowest BCUT2D eigenvalue weighted by molar-refractivity contribution is 0.626. The van der Waals surface area contributed by atoms with Crippen LogP contribution in [0.4, 0.5) is 4.39 Å². The summed E-state index contributed by atoms with van der Waals surface area (Å²) in [6.45, 7) is 0. The molecule has 0 amide bonds. The van der Waals surface area contributed by atoms with Gasteiger partial charge in [-0.2, -0.15) is 0 Å². The van der Waals surface area contributed by atoms with E-state index in [2.05, 4.69) is 33.4 Å². The van der Waals surface area contributed by atoms with Gasteiger partial charge < -0.3 is 0 Å². The summed E-state index contributed by atoms with van der Waals surface area (Å²) >= 11 is 11.1. The predicted molar refractivity (Wildman–Crippen MR) is 84.0 cm³/mol. The minimum atomic E-state index is -0.386. The molecule has 0 aliphatic carbocycles. The molecule has 3 rings (SSSR count). The maximum Gasteiger partial charge on any atom is 0.142 e. The van der Waals surface area contributed by atoms with E-state index in [1.165, 1.54) is 16.2 Å². The largest absolute Gasteiger partial charge is 0.205 e. The van der Waals surface area contributed by atoms with Gasteiger partial charge >= 0.3 is 0 Å². The molecule has 0 radical (unpaired) electrons. The normalized spacial score (nSPS) is 12.8. The molecular weight excluding hydrogens is 347 g/mol. The maximum atomic E-state index is 13.5. The fraction of sp³-hybridized carbons (Fsp3) is 0.0667. The number of halogens is 3. The van der Waals surface area contributed by atoms with Crippen molar-refractivity contribution >= 4 is 49.0 Å². The van der Waals surface area contributed by atoms with E-state index < -0.39 is 0 Å². The molecule has 2 aromatic carbocycles. The van der Waals surface area contributed by atoms with Crippen LogP contribution in [0.15, 0.2) is 47.8 Å². The van der Waals surface area contributed by atoms with Crippen molar-refractivity contribution in [3.05, 3.63) is 69.8 Å². The van der Waals surface area contributed by atoms with Crippen LogP contribution in [0.2, 0.25) is 5.02 Å². The van der Waals surface area contributed by atoms with Crippen LogP contribution in [0.1, 0.15) is 16.0 Å². The third-order valence-corrected chi connectivity index (χ3v) is 5.33. The van der Waals surface area contributed by atoms with Gasteiger partial charge in [-0.05, 0) is 40.1 Å². The first kappa shape index (κ1) is 13.1. The Morgan fingerprint density at radius 3 is 2.74 bits per heavy atom. The van der Waals surface area contributed by atoms with E-state index in [-0.39, 0.29) is 15.7 Å². The first-order valence-corrected chi connectivity index (χ1v) is 7.89. The highest BCUT2D eigenvalue weighted by Gasteiger charge is 2.16. The van der Waals surface area contributed by atoms with Crippen LogP contribution in [0.5, 0.6) is 0 Å². The third kappa shape index (κ3) is 2.42. The van der Waals surface area contributed by atoms with Crippen LogP contribution in [0.25, 0.3) is 10.1 Å². The molecule has 0 saturated heterocycles. The molecule has 1 aromatic heterocycles. The van der Waals surface area contributed by atoms with E-state index in [4.69, 9.17) is 11.6 Å². The Morgan fingerprint density at radius 2 is 1.95 bits per heavy atom. The quantitative estimate of drug-likeness (QED) is 0.482. The van der Waals surface area contributed by atoms with Gasteiger partial charge in [0.05, 0.1) is 9.85 Å². The number of hydrogen-bond donors (Lipinski definition) is 0. The van der Waals surface area contributed by atoms with Crippen LogP contribution in [0.3, 0.4) is 0 Å². The molecule has 1 atom stereocenters. The molecule has 19 heavy (non-hydrogen) atoms. The zero-order chi connectivity index (χ0) is 13.4. The number of alkyl halides is 1. The first-order valence-electron chi connectivity index (χ1n) is 5.72. The second-order valence-corrected chi connectivity index (χ2v) is 6.46. The number of fused-ring (bicyclic) bond motifs is 1. The van der Waals surface area contributed by atoms with Gasteiger partial charge in [0.1, 0.15) is 5.82 Å².